The van der Waals surface area contributed by atoms with Crippen LogP contribution in [0.25, 0.3) is 0 Å². The molecule has 0 heterocycles. The molecule has 1 aromatic rings. The van der Waals surface area contributed by atoms with Crippen molar-refractivity contribution in [3.05, 3.63) is 28.3 Å². The van der Waals surface area contributed by atoms with Gasteiger partial charge in [-0.05, 0) is 0 Å². The van der Waals surface area contributed by atoms with Crippen molar-refractivity contribution in [2.45, 2.75) is 6.10 Å². The average Bonchev–Trinajstić information content (AvgIpc) is 2.14. The largest absolute Gasteiger partial charge is 0.506 e. The highest BCUT2D eigenvalue weighted by molar-refractivity contribution is 6.32. The fraction of sp³-hybridized carbons (Fsp3) is 0.125. The lowest BCUT2D eigenvalue weighted by molar-refractivity contribution is -0.147. The first kappa shape index (κ1) is 11.7. The maximum absolute atomic E-state index is 13.2. The summed E-state index contributed by atoms with van der Waals surface area (Å²) in [5.74, 6) is -5.57. The number of carboxylic acid groups (broad SMARTS) is 1. The average molecular weight is 239 g/mol. The minimum Gasteiger partial charge on any atom is -0.506 e. The lowest BCUT2D eigenvalue weighted by atomic mass is 10.1. The Morgan fingerprint density at radius 3 is 2.47 bits per heavy atom. The third-order valence-corrected chi connectivity index (χ3v) is 2.04. The van der Waals surface area contributed by atoms with Crippen molar-refractivity contribution in [1.29, 1.82) is 0 Å². The monoisotopic (exact) mass is 238 g/mol. The van der Waals surface area contributed by atoms with E-state index in [2.05, 4.69) is 0 Å². The first-order chi connectivity index (χ1) is 6.86. The molecule has 1 rings (SSSR count). The molecule has 15 heavy (non-hydrogen) atoms. The number of carbonyl (C=O) groups is 1. The maximum Gasteiger partial charge on any atom is 0.337 e. The van der Waals surface area contributed by atoms with Crippen molar-refractivity contribution in [2.75, 3.05) is 0 Å². The Labute approximate surface area is 87.3 Å². The molecule has 0 aliphatic rings. The summed E-state index contributed by atoms with van der Waals surface area (Å²) in [6.07, 6.45) is -2.37. The van der Waals surface area contributed by atoms with Crippen LogP contribution >= 0.6 is 11.6 Å². The van der Waals surface area contributed by atoms with Crippen LogP contribution in [0.5, 0.6) is 5.75 Å². The zero-order chi connectivity index (χ0) is 11.7. The van der Waals surface area contributed by atoms with Gasteiger partial charge in [-0.25, -0.2) is 13.6 Å². The van der Waals surface area contributed by atoms with Gasteiger partial charge in [0, 0.05) is 6.07 Å². The minimum atomic E-state index is -2.37. The van der Waals surface area contributed by atoms with E-state index in [1.54, 1.807) is 0 Å². The van der Waals surface area contributed by atoms with E-state index in [-0.39, 0.29) is 0 Å². The molecule has 0 fully saturated rings. The lowest BCUT2D eigenvalue weighted by Gasteiger charge is -2.10. The van der Waals surface area contributed by atoms with Gasteiger partial charge in [-0.15, -0.1) is 0 Å². The molecule has 0 aromatic heterocycles. The van der Waals surface area contributed by atoms with E-state index in [4.69, 9.17) is 26.9 Å². The first-order valence-electron chi connectivity index (χ1n) is 3.63. The highest BCUT2D eigenvalue weighted by Crippen LogP contribution is 2.33. The second-order valence-electron chi connectivity index (χ2n) is 2.66. The third kappa shape index (κ3) is 2.00. The summed E-state index contributed by atoms with van der Waals surface area (Å²) in [5, 5.41) is 25.4. The molecular formula is C8H5ClF2O4. The molecule has 4 nitrogen and oxygen atoms in total. The van der Waals surface area contributed by atoms with E-state index >= 15 is 0 Å². The summed E-state index contributed by atoms with van der Waals surface area (Å²) in [6, 6.07) is 0.424. The van der Waals surface area contributed by atoms with Gasteiger partial charge in [0.1, 0.15) is 16.6 Å². The summed E-state index contributed by atoms with van der Waals surface area (Å²) < 4.78 is 26.2. The van der Waals surface area contributed by atoms with Gasteiger partial charge >= 0.3 is 5.97 Å². The van der Waals surface area contributed by atoms with Crippen molar-refractivity contribution in [3.63, 3.8) is 0 Å². The Kier molecular flexibility index (Phi) is 3.11. The summed E-state index contributed by atoms with van der Waals surface area (Å²) in [4.78, 5) is 10.3. The molecule has 0 amide bonds. The second-order valence-corrected chi connectivity index (χ2v) is 3.04. The van der Waals surface area contributed by atoms with E-state index in [9.17, 15) is 13.6 Å². The van der Waals surface area contributed by atoms with Crippen molar-refractivity contribution < 1.29 is 28.9 Å². The number of phenolic OH excluding ortho intramolecular Hbond substituents is 1. The highest BCUT2D eigenvalue weighted by atomic mass is 35.5. The molecule has 1 atom stereocenters. The predicted molar refractivity (Wildman–Crippen MR) is 45.6 cm³/mol. The Morgan fingerprint density at radius 2 is 2.00 bits per heavy atom. The minimum absolute atomic E-state index is 0.424. The number of aliphatic carboxylic acids is 1. The van der Waals surface area contributed by atoms with Crippen molar-refractivity contribution >= 4 is 17.6 Å². The third-order valence-electron chi connectivity index (χ3n) is 1.68. The van der Waals surface area contributed by atoms with Crippen molar-refractivity contribution in [1.82, 2.24) is 0 Å². The molecule has 0 bridgehead atoms. The van der Waals surface area contributed by atoms with Gasteiger partial charge in [0.05, 0.1) is 5.56 Å². The van der Waals surface area contributed by atoms with Gasteiger partial charge in [-0.3, -0.25) is 0 Å². The number of aliphatic hydroxyl groups excluding tert-OH is 1. The van der Waals surface area contributed by atoms with Gasteiger partial charge in [-0.1, -0.05) is 11.6 Å². The number of phenols is 1. The Hall–Kier alpha value is -1.40. The molecule has 0 radical (unpaired) electrons. The molecule has 7 heteroatoms. The number of hydrogen-bond acceptors (Lipinski definition) is 3. The SMILES string of the molecule is O=C(O)C(O)c1c(F)cc(O)c(Cl)c1F. The highest BCUT2D eigenvalue weighted by Gasteiger charge is 2.27. The van der Waals surface area contributed by atoms with Gasteiger partial charge in [0.15, 0.2) is 11.9 Å². The summed E-state index contributed by atoms with van der Waals surface area (Å²) in [7, 11) is 0. The van der Waals surface area contributed by atoms with Crippen LogP contribution in [-0.4, -0.2) is 21.3 Å². The van der Waals surface area contributed by atoms with E-state index in [1.807, 2.05) is 0 Å². The van der Waals surface area contributed by atoms with Crippen LogP contribution in [-0.2, 0) is 4.79 Å². The topological polar surface area (TPSA) is 77.8 Å². The van der Waals surface area contributed by atoms with Gasteiger partial charge in [0.25, 0.3) is 0 Å². The normalized spacial score (nSPS) is 12.5. The van der Waals surface area contributed by atoms with Crippen LogP contribution in [0.2, 0.25) is 5.02 Å². The quantitative estimate of drug-likeness (QED) is 0.682. The predicted octanol–water partition coefficient (Wildman–Crippen LogP) is 1.44. The maximum atomic E-state index is 13.2. The van der Waals surface area contributed by atoms with Crippen LogP contribution in [0.15, 0.2) is 6.07 Å². The Bertz CT molecular complexity index is 422. The zero-order valence-corrected chi connectivity index (χ0v) is 7.79. The molecule has 0 spiro atoms. The summed E-state index contributed by atoms with van der Waals surface area (Å²) in [6.45, 7) is 0. The molecule has 82 valence electrons. The molecule has 0 saturated heterocycles. The standard InChI is InChI=1S/C8H5ClF2O4/c9-5-3(12)1-2(10)4(6(5)11)7(13)8(14)15/h1,7,12-13H,(H,14,15). The van der Waals surface area contributed by atoms with E-state index in [0.29, 0.717) is 6.07 Å². The fourth-order valence-corrected chi connectivity index (χ4v) is 1.13. The number of benzene rings is 1. The number of halogens is 3. The van der Waals surface area contributed by atoms with Crippen LogP contribution in [0.3, 0.4) is 0 Å². The summed E-state index contributed by atoms with van der Waals surface area (Å²) in [5.41, 5.74) is -1.11. The van der Waals surface area contributed by atoms with E-state index in [1.165, 1.54) is 0 Å². The van der Waals surface area contributed by atoms with Crippen molar-refractivity contribution in [2.24, 2.45) is 0 Å². The Morgan fingerprint density at radius 1 is 1.47 bits per heavy atom. The zero-order valence-electron chi connectivity index (χ0n) is 7.04. The van der Waals surface area contributed by atoms with Crippen LogP contribution < -0.4 is 0 Å². The van der Waals surface area contributed by atoms with E-state index < -0.39 is 40.0 Å². The number of aromatic hydroxyl groups is 1. The van der Waals surface area contributed by atoms with Gasteiger partial charge in [0.2, 0.25) is 0 Å². The smallest absolute Gasteiger partial charge is 0.337 e. The van der Waals surface area contributed by atoms with Gasteiger partial charge in [-0.2, -0.15) is 0 Å². The molecule has 3 N–H and O–H groups in total. The van der Waals surface area contributed by atoms with Crippen molar-refractivity contribution in [3.8, 4) is 5.75 Å². The molecule has 0 aliphatic carbocycles. The lowest BCUT2D eigenvalue weighted by Crippen LogP contribution is -2.14. The van der Waals surface area contributed by atoms with Crippen LogP contribution in [0, 0.1) is 11.6 Å². The molecule has 0 aliphatic heterocycles. The fourth-order valence-electron chi connectivity index (χ4n) is 0.971. The Balaban J connectivity index is 3.42. The first-order valence-corrected chi connectivity index (χ1v) is 4.01. The summed E-state index contributed by atoms with van der Waals surface area (Å²) >= 11 is 5.21. The molecule has 1 aromatic carbocycles. The van der Waals surface area contributed by atoms with Gasteiger partial charge < -0.3 is 15.3 Å². The van der Waals surface area contributed by atoms with Crippen LogP contribution in [0.1, 0.15) is 11.7 Å². The molecule has 1 unspecified atom stereocenters. The number of carboxylic acids is 1. The van der Waals surface area contributed by atoms with E-state index in [0.717, 1.165) is 0 Å². The molecular weight excluding hydrogens is 234 g/mol. The molecule has 0 saturated carbocycles. The number of hydrogen-bond donors (Lipinski definition) is 3. The van der Waals surface area contributed by atoms with Crippen LogP contribution in [0.4, 0.5) is 8.78 Å². The number of rotatable bonds is 2. The second kappa shape index (κ2) is 4.00. The number of aliphatic hydroxyl groups is 1.